The Morgan fingerprint density at radius 1 is 1.04 bits per heavy atom. The molecule has 0 saturated carbocycles. The van der Waals surface area contributed by atoms with Gasteiger partial charge in [0, 0.05) is 28.8 Å². The first-order chi connectivity index (χ1) is 12.9. The van der Waals surface area contributed by atoms with Crippen molar-refractivity contribution in [3.63, 3.8) is 0 Å². The highest BCUT2D eigenvalue weighted by atomic mass is 32.2. The van der Waals surface area contributed by atoms with Crippen LogP contribution < -0.4 is 5.48 Å². The molecule has 0 atom stereocenters. The predicted octanol–water partition coefficient (Wildman–Crippen LogP) is 2.88. The average molecular weight is 410 g/mol. The zero-order valence-electron chi connectivity index (χ0n) is 14.3. The summed E-state index contributed by atoms with van der Waals surface area (Å²) in [6.07, 6.45) is 0.730. The Kier molecular flexibility index (Phi) is 6.15. The molecule has 144 valence electrons. The van der Waals surface area contributed by atoms with Crippen LogP contribution in [0.25, 0.3) is 0 Å². The highest BCUT2D eigenvalue weighted by Crippen LogP contribution is 2.30. The van der Waals surface area contributed by atoms with Gasteiger partial charge in [-0.05, 0) is 61.4 Å². The molecule has 27 heavy (non-hydrogen) atoms. The Labute approximate surface area is 161 Å². The molecule has 1 heterocycles. The highest BCUT2D eigenvalue weighted by molar-refractivity contribution is 7.99. The lowest BCUT2D eigenvalue weighted by Gasteiger charge is -2.30. The lowest BCUT2D eigenvalue weighted by Crippen LogP contribution is -2.42. The maximum Gasteiger partial charge on any atom is 0.246 e. The zero-order valence-corrected chi connectivity index (χ0v) is 16.0. The minimum atomic E-state index is -3.63. The fourth-order valence-electron chi connectivity index (χ4n) is 2.92. The lowest BCUT2D eigenvalue weighted by molar-refractivity contribution is -0.134. The summed E-state index contributed by atoms with van der Waals surface area (Å²) in [6, 6.07) is 12.6. The minimum Gasteiger partial charge on any atom is -0.289 e. The number of nitrogens with zero attached hydrogens (tertiary/aromatic N) is 1. The van der Waals surface area contributed by atoms with Crippen LogP contribution in [0.4, 0.5) is 4.39 Å². The van der Waals surface area contributed by atoms with Crippen molar-refractivity contribution in [2.24, 2.45) is 5.92 Å². The molecule has 0 aromatic heterocycles. The second-order valence-corrected chi connectivity index (χ2v) is 9.27. The van der Waals surface area contributed by atoms with Gasteiger partial charge in [0.2, 0.25) is 15.9 Å². The predicted molar refractivity (Wildman–Crippen MR) is 98.4 cm³/mol. The largest absolute Gasteiger partial charge is 0.289 e. The van der Waals surface area contributed by atoms with E-state index in [4.69, 9.17) is 5.21 Å². The van der Waals surface area contributed by atoms with Gasteiger partial charge in [0.25, 0.3) is 0 Å². The Morgan fingerprint density at radius 2 is 1.56 bits per heavy atom. The van der Waals surface area contributed by atoms with E-state index in [1.165, 1.54) is 28.2 Å². The number of hydroxylamine groups is 1. The Bertz CT molecular complexity index is 894. The molecule has 0 unspecified atom stereocenters. The molecule has 2 aromatic rings. The summed E-state index contributed by atoms with van der Waals surface area (Å²) in [5, 5.41) is 8.68. The maximum atomic E-state index is 13.0. The molecule has 0 bridgehead atoms. The molecule has 1 aliphatic rings. The van der Waals surface area contributed by atoms with Crippen LogP contribution in [0.5, 0.6) is 0 Å². The van der Waals surface area contributed by atoms with Gasteiger partial charge in [-0.15, -0.1) is 0 Å². The molecule has 0 spiro atoms. The van der Waals surface area contributed by atoms with Crippen LogP contribution in [0.2, 0.25) is 0 Å². The molecule has 0 radical (unpaired) electrons. The smallest absolute Gasteiger partial charge is 0.246 e. The third kappa shape index (κ3) is 4.67. The fraction of sp³-hybridized carbons (Fsp3) is 0.278. The maximum absolute atomic E-state index is 13.0. The van der Waals surface area contributed by atoms with E-state index in [2.05, 4.69) is 0 Å². The van der Waals surface area contributed by atoms with Gasteiger partial charge in [-0.1, -0.05) is 11.8 Å². The molecule has 1 saturated heterocycles. The van der Waals surface area contributed by atoms with Gasteiger partial charge in [-0.3, -0.25) is 10.0 Å². The standard InChI is InChI=1S/C18H19FN2O4S2/c19-14-1-3-15(4-2-14)26-16-5-7-17(8-6-16)27(24,25)21-11-9-13(10-12-21)18(22)20-23/h1-8,13,23H,9-12H2,(H,20,22). The summed E-state index contributed by atoms with van der Waals surface area (Å²) in [5.74, 6) is -1.16. The third-order valence-corrected chi connectivity index (χ3v) is 7.37. The van der Waals surface area contributed by atoms with E-state index in [1.807, 2.05) is 0 Å². The number of amides is 1. The van der Waals surface area contributed by atoms with Crippen molar-refractivity contribution < 1.29 is 22.8 Å². The first kappa shape index (κ1) is 19.8. The van der Waals surface area contributed by atoms with Crippen LogP contribution in [0.15, 0.2) is 63.2 Å². The first-order valence-corrected chi connectivity index (χ1v) is 10.6. The number of sulfonamides is 1. The Morgan fingerprint density at radius 3 is 2.07 bits per heavy atom. The molecule has 1 aliphatic heterocycles. The molecular weight excluding hydrogens is 391 g/mol. The monoisotopic (exact) mass is 410 g/mol. The van der Waals surface area contributed by atoms with E-state index < -0.39 is 15.9 Å². The van der Waals surface area contributed by atoms with E-state index >= 15 is 0 Å². The van der Waals surface area contributed by atoms with E-state index in [1.54, 1.807) is 41.9 Å². The van der Waals surface area contributed by atoms with E-state index in [9.17, 15) is 17.6 Å². The molecule has 6 nitrogen and oxygen atoms in total. The quantitative estimate of drug-likeness (QED) is 0.585. The summed E-state index contributed by atoms with van der Waals surface area (Å²) < 4.78 is 39.9. The van der Waals surface area contributed by atoms with Crippen molar-refractivity contribution in [2.75, 3.05) is 13.1 Å². The summed E-state index contributed by atoms with van der Waals surface area (Å²) in [4.78, 5) is 13.3. The lowest BCUT2D eigenvalue weighted by atomic mass is 9.98. The van der Waals surface area contributed by atoms with Crippen LogP contribution in [0.1, 0.15) is 12.8 Å². The van der Waals surface area contributed by atoms with Gasteiger partial charge in [-0.2, -0.15) is 4.31 Å². The molecular formula is C18H19FN2O4S2. The van der Waals surface area contributed by atoms with Crippen LogP contribution in [-0.4, -0.2) is 36.9 Å². The van der Waals surface area contributed by atoms with Gasteiger partial charge in [0.1, 0.15) is 5.82 Å². The number of hydrogen-bond donors (Lipinski definition) is 2. The third-order valence-electron chi connectivity index (χ3n) is 4.45. The summed E-state index contributed by atoms with van der Waals surface area (Å²) in [5.41, 5.74) is 1.62. The van der Waals surface area contributed by atoms with Gasteiger partial charge < -0.3 is 0 Å². The van der Waals surface area contributed by atoms with Crippen molar-refractivity contribution in [3.05, 3.63) is 54.3 Å². The number of nitrogens with one attached hydrogen (secondary N) is 1. The van der Waals surface area contributed by atoms with E-state index in [0.29, 0.717) is 12.8 Å². The van der Waals surface area contributed by atoms with E-state index in [-0.39, 0.29) is 29.7 Å². The number of hydrogen-bond acceptors (Lipinski definition) is 5. The van der Waals surface area contributed by atoms with Gasteiger partial charge in [0.05, 0.1) is 4.90 Å². The molecule has 9 heteroatoms. The van der Waals surface area contributed by atoms with Crippen molar-refractivity contribution in [2.45, 2.75) is 27.5 Å². The molecule has 0 aliphatic carbocycles. The molecule has 3 rings (SSSR count). The molecule has 1 amide bonds. The normalized spacial score (nSPS) is 16.2. The van der Waals surface area contributed by atoms with E-state index in [0.717, 1.165) is 9.79 Å². The summed E-state index contributed by atoms with van der Waals surface area (Å²) in [6.45, 7) is 0.457. The zero-order chi connectivity index (χ0) is 19.4. The van der Waals surface area contributed by atoms with Gasteiger partial charge in [-0.25, -0.2) is 18.3 Å². The Balaban J connectivity index is 1.67. The number of carbonyl (C=O) groups is 1. The van der Waals surface area contributed by atoms with Crippen LogP contribution in [0, 0.1) is 11.7 Å². The summed E-state index contributed by atoms with van der Waals surface area (Å²) >= 11 is 1.41. The molecule has 1 fully saturated rings. The van der Waals surface area contributed by atoms with Crippen LogP contribution in [0.3, 0.4) is 0 Å². The number of benzene rings is 2. The SMILES string of the molecule is O=C(NO)C1CCN(S(=O)(=O)c2ccc(Sc3ccc(F)cc3)cc2)CC1. The second-order valence-electron chi connectivity index (χ2n) is 6.18. The fourth-order valence-corrected chi connectivity index (χ4v) is 5.20. The average Bonchev–Trinajstić information content (AvgIpc) is 2.69. The van der Waals surface area contributed by atoms with Crippen molar-refractivity contribution in [1.82, 2.24) is 9.79 Å². The highest BCUT2D eigenvalue weighted by Gasteiger charge is 2.31. The number of piperidine rings is 1. The first-order valence-electron chi connectivity index (χ1n) is 8.38. The minimum absolute atomic E-state index is 0.191. The number of rotatable bonds is 5. The van der Waals surface area contributed by atoms with Crippen LogP contribution in [-0.2, 0) is 14.8 Å². The molecule has 2 aromatic carbocycles. The van der Waals surface area contributed by atoms with Crippen LogP contribution >= 0.6 is 11.8 Å². The van der Waals surface area contributed by atoms with Gasteiger partial charge >= 0.3 is 0 Å². The van der Waals surface area contributed by atoms with Crippen molar-refractivity contribution >= 4 is 27.7 Å². The Hall–Kier alpha value is -1.94. The van der Waals surface area contributed by atoms with Crippen molar-refractivity contribution in [1.29, 1.82) is 0 Å². The summed E-state index contributed by atoms with van der Waals surface area (Å²) in [7, 11) is -3.63. The molecule has 2 N–H and O–H groups in total. The van der Waals surface area contributed by atoms with Crippen molar-refractivity contribution in [3.8, 4) is 0 Å². The number of halogens is 1. The van der Waals surface area contributed by atoms with Gasteiger partial charge in [0.15, 0.2) is 0 Å². The number of carbonyl (C=O) groups excluding carboxylic acids is 1. The topological polar surface area (TPSA) is 86.7 Å². The second kappa shape index (κ2) is 8.39.